The molecule has 0 bridgehead atoms. The van der Waals surface area contributed by atoms with Crippen molar-refractivity contribution in [3.63, 3.8) is 0 Å². The van der Waals surface area contributed by atoms with Crippen molar-refractivity contribution in [1.29, 1.82) is 0 Å². The molecule has 5 N–H and O–H groups in total. The van der Waals surface area contributed by atoms with E-state index in [-0.39, 0.29) is 6.61 Å². The minimum absolute atomic E-state index is 0.148. The van der Waals surface area contributed by atoms with Crippen LogP contribution >= 0.6 is 0 Å². The summed E-state index contributed by atoms with van der Waals surface area (Å²) in [6, 6.07) is 7.40. The zero-order valence-corrected chi connectivity index (χ0v) is 16.8. The highest BCUT2D eigenvalue weighted by molar-refractivity contribution is 5.79. The maximum absolute atomic E-state index is 10.8. The van der Waals surface area contributed by atoms with Crippen molar-refractivity contribution in [2.24, 2.45) is 10.7 Å². The van der Waals surface area contributed by atoms with Gasteiger partial charge in [-0.25, -0.2) is 4.99 Å². The van der Waals surface area contributed by atoms with Gasteiger partial charge < -0.3 is 26.2 Å². The Morgan fingerprint density at radius 1 is 1.22 bits per heavy atom. The van der Waals surface area contributed by atoms with Crippen molar-refractivity contribution in [2.45, 2.75) is 58.6 Å². The number of primary amides is 1. The quantitative estimate of drug-likeness (QED) is 0.328. The third-order valence-corrected chi connectivity index (χ3v) is 4.06. The molecule has 0 saturated carbocycles. The molecule has 0 heterocycles. The van der Waals surface area contributed by atoms with Crippen LogP contribution in [0, 0.1) is 0 Å². The number of hydrogen-bond acceptors (Lipinski definition) is 4. The molecule has 27 heavy (non-hydrogen) atoms. The summed E-state index contributed by atoms with van der Waals surface area (Å²) in [6.07, 6.45) is 3.38. The highest BCUT2D eigenvalue weighted by atomic mass is 16.5. The van der Waals surface area contributed by atoms with Crippen LogP contribution in [0.15, 0.2) is 29.3 Å². The van der Waals surface area contributed by atoms with Crippen LogP contribution in [-0.2, 0) is 11.3 Å². The zero-order chi connectivity index (χ0) is 20.1. The molecule has 0 atom stereocenters. The average Bonchev–Trinajstić information content (AvgIpc) is 2.63. The fraction of sp³-hybridized carbons (Fsp3) is 0.600. The van der Waals surface area contributed by atoms with E-state index in [1.165, 1.54) is 0 Å². The minimum Gasteiger partial charge on any atom is -0.484 e. The third kappa shape index (κ3) is 9.28. The first-order chi connectivity index (χ1) is 12.9. The van der Waals surface area contributed by atoms with Gasteiger partial charge in [0.25, 0.3) is 5.91 Å². The molecule has 1 amide bonds. The summed E-state index contributed by atoms with van der Waals surface area (Å²) >= 11 is 0. The van der Waals surface area contributed by atoms with Crippen LogP contribution in [0.1, 0.15) is 52.0 Å². The van der Waals surface area contributed by atoms with Gasteiger partial charge in [0.05, 0.1) is 12.1 Å². The molecule has 0 unspecified atom stereocenters. The van der Waals surface area contributed by atoms with Gasteiger partial charge in [-0.2, -0.15) is 0 Å². The summed E-state index contributed by atoms with van der Waals surface area (Å²) in [7, 11) is 0. The molecule has 1 rings (SSSR count). The van der Waals surface area contributed by atoms with E-state index < -0.39 is 11.5 Å². The molecule has 152 valence electrons. The van der Waals surface area contributed by atoms with Gasteiger partial charge >= 0.3 is 0 Å². The lowest BCUT2D eigenvalue weighted by Gasteiger charge is -2.28. The predicted octanol–water partition coefficient (Wildman–Crippen LogP) is 1.94. The first kappa shape index (κ1) is 22.8. The van der Waals surface area contributed by atoms with Crippen LogP contribution in [0.5, 0.6) is 5.75 Å². The van der Waals surface area contributed by atoms with Crippen LogP contribution in [0.3, 0.4) is 0 Å². The predicted molar refractivity (Wildman–Crippen MR) is 109 cm³/mol. The van der Waals surface area contributed by atoms with Crippen molar-refractivity contribution in [1.82, 2.24) is 10.6 Å². The van der Waals surface area contributed by atoms with E-state index in [2.05, 4.69) is 29.5 Å². The van der Waals surface area contributed by atoms with E-state index >= 15 is 0 Å². The summed E-state index contributed by atoms with van der Waals surface area (Å²) < 4.78 is 5.32. The Labute approximate surface area is 162 Å². The number of hydrogen-bond donors (Lipinski definition) is 4. The molecule has 0 aliphatic rings. The number of guanidine groups is 1. The fourth-order valence-corrected chi connectivity index (χ4v) is 2.88. The molecule has 0 aromatic heterocycles. The van der Waals surface area contributed by atoms with E-state index in [0.29, 0.717) is 24.8 Å². The number of amides is 1. The van der Waals surface area contributed by atoms with E-state index in [9.17, 15) is 9.90 Å². The van der Waals surface area contributed by atoms with Gasteiger partial charge in [-0.3, -0.25) is 4.79 Å². The van der Waals surface area contributed by atoms with Crippen LogP contribution in [0.4, 0.5) is 0 Å². The second-order valence-electron chi connectivity index (χ2n) is 6.68. The molecule has 0 radical (unpaired) electrons. The van der Waals surface area contributed by atoms with Gasteiger partial charge in [-0.15, -0.1) is 0 Å². The molecular formula is C20H34N4O3. The molecule has 0 spiro atoms. The number of carbonyl (C=O) groups is 1. The molecular weight excluding hydrogens is 344 g/mol. The Balaban J connectivity index is 2.72. The van der Waals surface area contributed by atoms with Gasteiger partial charge in [0.1, 0.15) is 5.75 Å². The molecule has 7 nitrogen and oxygen atoms in total. The maximum Gasteiger partial charge on any atom is 0.255 e. The lowest BCUT2D eigenvalue weighted by Crippen LogP contribution is -2.47. The lowest BCUT2D eigenvalue weighted by molar-refractivity contribution is -0.119. The van der Waals surface area contributed by atoms with E-state index in [1.807, 2.05) is 25.1 Å². The molecule has 1 aromatic rings. The summed E-state index contributed by atoms with van der Waals surface area (Å²) in [6.45, 7) is 7.64. The second kappa shape index (κ2) is 12.2. The zero-order valence-electron chi connectivity index (χ0n) is 16.8. The van der Waals surface area contributed by atoms with Gasteiger partial charge in [-0.05, 0) is 37.5 Å². The van der Waals surface area contributed by atoms with E-state index in [4.69, 9.17) is 10.5 Å². The number of nitrogens with two attached hydrogens (primary N) is 1. The van der Waals surface area contributed by atoms with Crippen LogP contribution in [0.2, 0.25) is 0 Å². The maximum atomic E-state index is 10.8. The van der Waals surface area contributed by atoms with Crippen LogP contribution < -0.4 is 21.1 Å². The number of nitrogens with one attached hydrogen (secondary N) is 2. The number of carbonyl (C=O) groups excluding carboxylic acids is 1. The molecule has 0 saturated heterocycles. The Morgan fingerprint density at radius 2 is 1.93 bits per heavy atom. The molecule has 0 aliphatic heterocycles. The van der Waals surface area contributed by atoms with Crippen LogP contribution in [0.25, 0.3) is 0 Å². The summed E-state index contributed by atoms with van der Waals surface area (Å²) in [5.74, 6) is 0.731. The summed E-state index contributed by atoms with van der Waals surface area (Å²) in [4.78, 5) is 15.4. The topological polar surface area (TPSA) is 109 Å². The Bertz CT molecular complexity index is 599. The minimum atomic E-state index is -0.720. The van der Waals surface area contributed by atoms with Crippen molar-refractivity contribution in [3.05, 3.63) is 29.8 Å². The fourth-order valence-electron chi connectivity index (χ4n) is 2.88. The number of ether oxygens (including phenoxy) is 1. The first-order valence-corrected chi connectivity index (χ1v) is 9.67. The summed E-state index contributed by atoms with van der Waals surface area (Å²) in [5.41, 5.74) is 5.33. The third-order valence-electron chi connectivity index (χ3n) is 4.06. The molecule has 7 heteroatoms. The number of aliphatic imine (C=N–C) groups is 1. The second-order valence-corrected chi connectivity index (χ2v) is 6.68. The van der Waals surface area contributed by atoms with Crippen molar-refractivity contribution in [2.75, 3.05) is 19.7 Å². The molecule has 0 aliphatic carbocycles. The van der Waals surface area contributed by atoms with Gasteiger partial charge in [0.15, 0.2) is 12.6 Å². The van der Waals surface area contributed by atoms with Gasteiger partial charge in [0.2, 0.25) is 0 Å². The largest absolute Gasteiger partial charge is 0.484 e. The molecule has 1 aromatic carbocycles. The first-order valence-electron chi connectivity index (χ1n) is 9.67. The number of benzene rings is 1. The van der Waals surface area contributed by atoms with Crippen molar-refractivity contribution >= 4 is 11.9 Å². The number of rotatable bonds is 12. The van der Waals surface area contributed by atoms with Crippen molar-refractivity contribution in [3.8, 4) is 5.75 Å². The van der Waals surface area contributed by atoms with Crippen LogP contribution in [-0.4, -0.2) is 42.3 Å². The Kier molecular flexibility index (Phi) is 10.3. The number of aliphatic hydroxyl groups is 1. The highest BCUT2D eigenvalue weighted by Crippen LogP contribution is 2.18. The van der Waals surface area contributed by atoms with E-state index in [0.717, 1.165) is 37.8 Å². The number of nitrogens with zero attached hydrogens (tertiary/aromatic N) is 1. The van der Waals surface area contributed by atoms with E-state index in [1.54, 1.807) is 6.07 Å². The highest BCUT2D eigenvalue weighted by Gasteiger charge is 2.24. The monoisotopic (exact) mass is 378 g/mol. The van der Waals surface area contributed by atoms with Gasteiger partial charge in [-0.1, -0.05) is 38.8 Å². The Hall–Kier alpha value is -2.28. The molecule has 0 fully saturated rings. The SMILES string of the molecule is CCCC(O)(CCC)CNC(=NCc1cccc(OCC(N)=O)c1)NCC. The van der Waals surface area contributed by atoms with Crippen molar-refractivity contribution < 1.29 is 14.6 Å². The smallest absolute Gasteiger partial charge is 0.255 e. The normalized spacial score (nSPS) is 11.9. The Morgan fingerprint density at radius 3 is 2.52 bits per heavy atom. The summed E-state index contributed by atoms with van der Waals surface area (Å²) in [5, 5.41) is 17.2. The average molecular weight is 379 g/mol. The van der Waals surface area contributed by atoms with Gasteiger partial charge in [0, 0.05) is 13.1 Å². The lowest BCUT2D eigenvalue weighted by atomic mass is 9.93. The standard InChI is InChI=1S/C20H34N4O3/c1-4-10-20(26,11-5-2)15-24-19(22-6-3)23-13-16-8-7-9-17(12-16)27-14-18(21)25/h7-9,12,26H,4-6,10-11,13-15H2,1-3H3,(H2,21,25)(H2,22,23,24).